The quantitative estimate of drug-likeness (QED) is 0.889. The lowest BCUT2D eigenvalue weighted by atomic mass is 10.2. The number of hydrogen-bond acceptors (Lipinski definition) is 6. The zero-order valence-electron chi connectivity index (χ0n) is 14.2. The minimum Gasteiger partial charge on any atom is -0.374 e. The van der Waals surface area contributed by atoms with Crippen LogP contribution in [0.25, 0.3) is 0 Å². The van der Waals surface area contributed by atoms with E-state index in [2.05, 4.69) is 20.3 Å². The maximum absolute atomic E-state index is 12.5. The lowest BCUT2D eigenvalue weighted by Crippen LogP contribution is -2.51. The molecule has 3 heterocycles. The smallest absolute Gasteiger partial charge is 0.243 e. The Kier molecular flexibility index (Phi) is 5.27. The van der Waals surface area contributed by atoms with Crippen molar-refractivity contribution in [3.05, 3.63) is 29.0 Å². The molecule has 3 rings (SSSR count). The Bertz CT molecular complexity index is 665. The fraction of sp³-hybridized carbons (Fsp3) is 0.562. The molecule has 1 fully saturated rings. The van der Waals surface area contributed by atoms with E-state index in [0.29, 0.717) is 24.8 Å². The summed E-state index contributed by atoms with van der Waals surface area (Å²) in [5.74, 6) is -0.0245. The molecule has 0 aliphatic carbocycles. The van der Waals surface area contributed by atoms with Crippen LogP contribution in [0.5, 0.6) is 0 Å². The lowest BCUT2D eigenvalue weighted by Gasteiger charge is -2.35. The number of aryl methyl sites for hydroxylation is 2. The molecule has 1 amide bonds. The molecule has 2 atom stereocenters. The second-order valence-electron chi connectivity index (χ2n) is 6.04. The second-order valence-corrected chi connectivity index (χ2v) is 7.24. The molecule has 24 heavy (non-hydrogen) atoms. The van der Waals surface area contributed by atoms with E-state index in [4.69, 9.17) is 4.74 Å². The van der Waals surface area contributed by atoms with Gasteiger partial charge in [0.1, 0.15) is 0 Å². The molecule has 1 saturated heterocycles. The van der Waals surface area contributed by atoms with Gasteiger partial charge in [0.25, 0.3) is 0 Å². The number of amides is 1. The Morgan fingerprint density at radius 3 is 3.04 bits per heavy atom. The average Bonchev–Trinajstić information content (AvgIpc) is 3.17. The van der Waals surface area contributed by atoms with Gasteiger partial charge in [-0.25, -0.2) is 4.98 Å². The van der Waals surface area contributed by atoms with E-state index >= 15 is 0 Å². The van der Waals surface area contributed by atoms with Crippen LogP contribution in [0.1, 0.15) is 17.5 Å². The van der Waals surface area contributed by atoms with Crippen LogP contribution in [-0.4, -0.2) is 57.4 Å². The first-order valence-corrected chi connectivity index (χ1v) is 8.92. The highest BCUT2D eigenvalue weighted by atomic mass is 32.1. The number of nitrogens with zero attached hydrogens (tertiary/aromatic N) is 4. The third-order valence-electron chi connectivity index (χ3n) is 4.31. The summed E-state index contributed by atoms with van der Waals surface area (Å²) in [6.07, 6.45) is 3.72. The van der Waals surface area contributed by atoms with Gasteiger partial charge >= 0.3 is 0 Å². The van der Waals surface area contributed by atoms with Crippen LogP contribution in [0.15, 0.2) is 18.5 Å². The molecule has 0 aromatic carbocycles. The summed E-state index contributed by atoms with van der Waals surface area (Å²) < 4.78 is 7.67. The first kappa shape index (κ1) is 17.1. The SMILES string of the molecule is Cc1nc(NC(=O)[C@@H](C)N2CCO[C@@H](Cn3cccn3)C2)sc1C. The van der Waals surface area contributed by atoms with Crippen molar-refractivity contribution >= 4 is 22.4 Å². The molecular weight excluding hydrogens is 326 g/mol. The van der Waals surface area contributed by atoms with E-state index in [9.17, 15) is 4.79 Å². The maximum Gasteiger partial charge on any atom is 0.243 e. The predicted molar refractivity (Wildman–Crippen MR) is 93.2 cm³/mol. The summed E-state index contributed by atoms with van der Waals surface area (Å²) in [5.41, 5.74) is 0.966. The number of carbonyl (C=O) groups is 1. The number of ether oxygens (including phenoxy) is 1. The number of thiazole rings is 1. The summed E-state index contributed by atoms with van der Waals surface area (Å²) >= 11 is 1.51. The Hall–Kier alpha value is -1.77. The second kappa shape index (κ2) is 7.42. The van der Waals surface area contributed by atoms with Gasteiger partial charge in [0.15, 0.2) is 5.13 Å². The average molecular weight is 349 g/mol. The van der Waals surface area contributed by atoms with Gasteiger partial charge < -0.3 is 10.1 Å². The minimum absolute atomic E-state index is 0.0245. The van der Waals surface area contributed by atoms with Crippen LogP contribution in [0.3, 0.4) is 0 Å². The molecule has 2 aromatic rings. The maximum atomic E-state index is 12.5. The number of carbonyl (C=O) groups excluding carboxylic acids is 1. The standard InChI is InChI=1S/C16H23N5O2S/c1-11-13(3)24-16(18-11)19-15(22)12(2)20-7-8-23-14(9-20)10-21-6-4-5-17-21/h4-6,12,14H,7-10H2,1-3H3,(H,18,19,22)/t12-,14-/m1/s1. The van der Waals surface area contributed by atoms with Crippen molar-refractivity contribution in [1.82, 2.24) is 19.7 Å². The van der Waals surface area contributed by atoms with Crippen molar-refractivity contribution in [3.8, 4) is 0 Å². The molecule has 1 N–H and O–H groups in total. The molecule has 1 aliphatic rings. The number of hydrogen-bond donors (Lipinski definition) is 1. The molecule has 8 heteroatoms. The third-order valence-corrected chi connectivity index (χ3v) is 5.29. The number of aromatic nitrogens is 3. The summed E-state index contributed by atoms with van der Waals surface area (Å²) in [6.45, 7) is 8.67. The van der Waals surface area contributed by atoms with Crippen molar-refractivity contribution in [2.24, 2.45) is 0 Å². The van der Waals surface area contributed by atoms with Crippen LogP contribution in [0.2, 0.25) is 0 Å². The van der Waals surface area contributed by atoms with E-state index in [1.807, 2.05) is 37.7 Å². The molecular formula is C16H23N5O2S. The number of rotatable bonds is 5. The topological polar surface area (TPSA) is 72.3 Å². The highest BCUT2D eigenvalue weighted by Crippen LogP contribution is 2.21. The molecule has 0 radical (unpaired) electrons. The monoisotopic (exact) mass is 349 g/mol. The summed E-state index contributed by atoms with van der Waals surface area (Å²) in [6, 6.07) is 1.67. The predicted octanol–water partition coefficient (Wildman–Crippen LogP) is 1.68. The third kappa shape index (κ3) is 4.00. The van der Waals surface area contributed by atoms with Crippen LogP contribution in [0, 0.1) is 13.8 Å². The first-order valence-electron chi connectivity index (χ1n) is 8.11. The normalized spacial score (nSPS) is 20.0. The minimum atomic E-state index is -0.224. The van der Waals surface area contributed by atoms with E-state index in [1.165, 1.54) is 11.3 Å². The summed E-state index contributed by atoms with van der Waals surface area (Å²) in [4.78, 5) is 20.2. The number of anilines is 1. The molecule has 0 unspecified atom stereocenters. The zero-order chi connectivity index (χ0) is 17.1. The van der Waals surface area contributed by atoms with E-state index in [-0.39, 0.29) is 18.1 Å². The molecule has 7 nitrogen and oxygen atoms in total. The molecule has 0 bridgehead atoms. The van der Waals surface area contributed by atoms with Crippen molar-refractivity contribution < 1.29 is 9.53 Å². The lowest BCUT2D eigenvalue weighted by molar-refractivity contribution is -0.124. The molecule has 0 spiro atoms. The van der Waals surface area contributed by atoms with Crippen molar-refractivity contribution in [1.29, 1.82) is 0 Å². The van der Waals surface area contributed by atoms with Gasteiger partial charge in [0.2, 0.25) is 5.91 Å². The highest BCUT2D eigenvalue weighted by molar-refractivity contribution is 7.15. The zero-order valence-corrected chi connectivity index (χ0v) is 15.0. The van der Waals surface area contributed by atoms with Gasteiger partial charge in [-0.05, 0) is 26.8 Å². The summed E-state index contributed by atoms with van der Waals surface area (Å²) in [7, 11) is 0. The van der Waals surface area contributed by atoms with Crippen molar-refractivity contribution in [2.45, 2.75) is 39.5 Å². The van der Waals surface area contributed by atoms with Gasteiger partial charge in [-0.3, -0.25) is 14.4 Å². The molecule has 1 aliphatic heterocycles. The van der Waals surface area contributed by atoms with Crippen molar-refractivity contribution in [2.75, 3.05) is 25.0 Å². The van der Waals surface area contributed by atoms with E-state index in [1.54, 1.807) is 6.20 Å². The largest absolute Gasteiger partial charge is 0.374 e. The van der Waals surface area contributed by atoms with Crippen molar-refractivity contribution in [3.63, 3.8) is 0 Å². The van der Waals surface area contributed by atoms with Crippen LogP contribution in [-0.2, 0) is 16.1 Å². The Morgan fingerprint density at radius 1 is 1.54 bits per heavy atom. The fourth-order valence-corrected chi connectivity index (χ4v) is 3.54. The first-order chi connectivity index (χ1) is 11.5. The van der Waals surface area contributed by atoms with Crippen LogP contribution in [0.4, 0.5) is 5.13 Å². The van der Waals surface area contributed by atoms with E-state index < -0.39 is 0 Å². The highest BCUT2D eigenvalue weighted by Gasteiger charge is 2.28. The molecule has 130 valence electrons. The fourth-order valence-electron chi connectivity index (χ4n) is 2.72. The number of nitrogens with one attached hydrogen (secondary N) is 1. The van der Waals surface area contributed by atoms with E-state index in [0.717, 1.165) is 17.1 Å². The number of morpholine rings is 1. The van der Waals surface area contributed by atoms with Gasteiger partial charge in [-0.2, -0.15) is 5.10 Å². The molecule has 2 aromatic heterocycles. The molecule has 0 saturated carbocycles. The Balaban J connectivity index is 1.56. The van der Waals surface area contributed by atoms with Crippen LogP contribution >= 0.6 is 11.3 Å². The summed E-state index contributed by atoms with van der Waals surface area (Å²) in [5, 5.41) is 7.81. The van der Waals surface area contributed by atoms with Gasteiger partial charge in [-0.1, -0.05) is 0 Å². The van der Waals surface area contributed by atoms with Gasteiger partial charge in [0.05, 0.1) is 31.0 Å². The van der Waals surface area contributed by atoms with Gasteiger partial charge in [0, 0.05) is 30.4 Å². The Labute approximate surface area is 145 Å². The van der Waals surface area contributed by atoms with Crippen LogP contribution < -0.4 is 5.32 Å². The Morgan fingerprint density at radius 2 is 2.38 bits per heavy atom. The van der Waals surface area contributed by atoms with Gasteiger partial charge in [-0.15, -0.1) is 11.3 Å².